The number of amides is 1. The second-order valence-corrected chi connectivity index (χ2v) is 6.06. The van der Waals surface area contributed by atoms with E-state index in [1.54, 1.807) is 68.6 Å². The number of esters is 1. The molecule has 3 rings (SSSR count). The average Bonchev–Trinajstić information content (AvgIpc) is 2.73. The van der Waals surface area contributed by atoms with Crippen molar-refractivity contribution in [1.29, 1.82) is 0 Å². The third-order valence-corrected chi connectivity index (χ3v) is 4.01. The van der Waals surface area contributed by atoms with E-state index in [9.17, 15) is 9.59 Å². The van der Waals surface area contributed by atoms with E-state index in [4.69, 9.17) is 9.47 Å². The van der Waals surface area contributed by atoms with Gasteiger partial charge in [-0.2, -0.15) is 0 Å². The van der Waals surface area contributed by atoms with Crippen LogP contribution in [0.2, 0.25) is 0 Å². The number of hydrogen-bond acceptors (Lipinski definition) is 7. The Labute approximate surface area is 167 Å². The first-order chi connectivity index (χ1) is 14.0. The van der Waals surface area contributed by atoms with Crippen LogP contribution >= 0.6 is 0 Å². The molecule has 8 heteroatoms. The number of aromatic nitrogens is 2. The number of carbonyl (C=O) groups excluding carboxylic acids is 2. The Morgan fingerprint density at radius 2 is 1.69 bits per heavy atom. The molecule has 2 aromatic carbocycles. The van der Waals surface area contributed by atoms with Gasteiger partial charge in [-0.1, -0.05) is 12.1 Å². The maximum Gasteiger partial charge on any atom is 0.339 e. The highest BCUT2D eigenvalue weighted by molar-refractivity contribution is 6.03. The van der Waals surface area contributed by atoms with Crippen molar-refractivity contribution in [3.05, 3.63) is 71.5 Å². The third-order valence-electron chi connectivity index (χ3n) is 4.01. The van der Waals surface area contributed by atoms with Crippen LogP contribution in [0, 0.1) is 6.92 Å². The van der Waals surface area contributed by atoms with Crippen LogP contribution in [0.3, 0.4) is 0 Å². The number of nitrogens with one attached hydrogen (secondary N) is 2. The van der Waals surface area contributed by atoms with Crippen LogP contribution in [-0.2, 0) is 4.74 Å². The molecule has 0 spiro atoms. The Morgan fingerprint density at radius 1 is 0.966 bits per heavy atom. The van der Waals surface area contributed by atoms with Crippen LogP contribution in [0.25, 0.3) is 0 Å². The Bertz CT molecular complexity index is 1040. The molecule has 1 amide bonds. The topological polar surface area (TPSA) is 102 Å². The SMILES string of the molecule is COC(=O)c1ccccc1Nc1nc(C)cc(C(=O)Nc2ccc(OC)cc2)n1. The minimum atomic E-state index is -0.488. The summed E-state index contributed by atoms with van der Waals surface area (Å²) in [6.45, 7) is 1.75. The van der Waals surface area contributed by atoms with Crippen LogP contribution in [0.5, 0.6) is 5.75 Å². The van der Waals surface area contributed by atoms with E-state index in [-0.39, 0.29) is 17.5 Å². The standard InChI is InChI=1S/C21H20N4O4/c1-13-12-18(19(26)23-14-8-10-15(28-2)11-9-14)25-21(22-13)24-17-7-5-4-6-16(17)20(27)29-3/h4-12H,1-3H3,(H,23,26)(H,22,24,25). The molecule has 1 aromatic heterocycles. The molecule has 8 nitrogen and oxygen atoms in total. The van der Waals surface area contributed by atoms with Gasteiger partial charge in [-0.05, 0) is 49.4 Å². The quantitative estimate of drug-likeness (QED) is 0.618. The summed E-state index contributed by atoms with van der Waals surface area (Å²) in [5.74, 6) is 0.0149. The largest absolute Gasteiger partial charge is 0.497 e. The van der Waals surface area contributed by atoms with Crippen LogP contribution in [0.15, 0.2) is 54.6 Å². The van der Waals surface area contributed by atoms with Gasteiger partial charge in [0.05, 0.1) is 25.5 Å². The van der Waals surface area contributed by atoms with Crippen molar-refractivity contribution >= 4 is 29.2 Å². The fourth-order valence-corrected chi connectivity index (χ4v) is 2.61. The predicted octanol–water partition coefficient (Wildman–Crippen LogP) is 3.58. The number of methoxy groups -OCH3 is 2. The van der Waals surface area contributed by atoms with E-state index < -0.39 is 5.97 Å². The number of anilines is 3. The lowest BCUT2D eigenvalue weighted by Crippen LogP contribution is -2.16. The zero-order valence-corrected chi connectivity index (χ0v) is 16.2. The number of carbonyl (C=O) groups is 2. The number of rotatable bonds is 6. The molecule has 0 unspecified atom stereocenters. The molecule has 2 N–H and O–H groups in total. The van der Waals surface area contributed by atoms with Crippen LogP contribution in [-0.4, -0.2) is 36.1 Å². The van der Waals surface area contributed by atoms with Crippen molar-refractivity contribution in [3.63, 3.8) is 0 Å². The molecule has 148 valence electrons. The molecule has 0 bridgehead atoms. The molecule has 0 aliphatic carbocycles. The van der Waals surface area contributed by atoms with E-state index in [2.05, 4.69) is 20.6 Å². The van der Waals surface area contributed by atoms with Gasteiger partial charge in [0.15, 0.2) is 0 Å². The number of hydrogen-bond donors (Lipinski definition) is 2. The summed E-state index contributed by atoms with van der Waals surface area (Å²) in [5, 5.41) is 5.76. The molecule has 0 saturated carbocycles. The summed E-state index contributed by atoms with van der Waals surface area (Å²) in [6.07, 6.45) is 0. The minimum Gasteiger partial charge on any atom is -0.497 e. The highest BCUT2D eigenvalue weighted by atomic mass is 16.5. The first-order valence-electron chi connectivity index (χ1n) is 8.75. The number of benzene rings is 2. The molecule has 0 aliphatic heterocycles. The Balaban J connectivity index is 1.83. The highest BCUT2D eigenvalue weighted by Crippen LogP contribution is 2.21. The van der Waals surface area contributed by atoms with E-state index in [1.165, 1.54) is 7.11 Å². The molecular formula is C21H20N4O4. The monoisotopic (exact) mass is 392 g/mol. The van der Waals surface area contributed by atoms with Gasteiger partial charge in [-0.3, -0.25) is 4.79 Å². The van der Waals surface area contributed by atoms with Crippen molar-refractivity contribution < 1.29 is 19.1 Å². The first-order valence-corrected chi connectivity index (χ1v) is 8.75. The summed E-state index contributed by atoms with van der Waals surface area (Å²) in [5.41, 5.74) is 2.21. The lowest BCUT2D eigenvalue weighted by atomic mass is 10.2. The summed E-state index contributed by atoms with van der Waals surface area (Å²) in [4.78, 5) is 33.1. The van der Waals surface area contributed by atoms with Gasteiger partial charge in [-0.25, -0.2) is 14.8 Å². The average molecular weight is 392 g/mol. The second kappa shape index (κ2) is 8.83. The number of nitrogens with zero attached hydrogens (tertiary/aromatic N) is 2. The number of para-hydroxylation sites is 1. The molecule has 3 aromatic rings. The van der Waals surface area contributed by atoms with E-state index in [0.29, 0.717) is 28.4 Å². The third kappa shape index (κ3) is 4.86. The molecule has 0 radical (unpaired) electrons. The van der Waals surface area contributed by atoms with Gasteiger partial charge >= 0.3 is 5.97 Å². The van der Waals surface area contributed by atoms with Gasteiger partial charge in [0.1, 0.15) is 11.4 Å². The normalized spacial score (nSPS) is 10.2. The summed E-state index contributed by atoms with van der Waals surface area (Å²) in [6, 6.07) is 15.4. The molecule has 0 aliphatic rings. The fraction of sp³-hybridized carbons (Fsp3) is 0.143. The lowest BCUT2D eigenvalue weighted by Gasteiger charge is -2.11. The van der Waals surface area contributed by atoms with Crippen LogP contribution in [0.4, 0.5) is 17.3 Å². The maximum atomic E-state index is 12.6. The van der Waals surface area contributed by atoms with Gasteiger partial charge in [-0.15, -0.1) is 0 Å². The summed E-state index contributed by atoms with van der Waals surface area (Å²) in [7, 11) is 2.88. The Hall–Kier alpha value is -3.94. The molecule has 1 heterocycles. The zero-order valence-electron chi connectivity index (χ0n) is 16.2. The molecular weight excluding hydrogens is 372 g/mol. The van der Waals surface area contributed by atoms with Crippen molar-refractivity contribution in [2.24, 2.45) is 0 Å². The maximum absolute atomic E-state index is 12.6. The van der Waals surface area contributed by atoms with Crippen molar-refractivity contribution in [1.82, 2.24) is 9.97 Å². The smallest absolute Gasteiger partial charge is 0.339 e. The van der Waals surface area contributed by atoms with E-state index in [0.717, 1.165) is 0 Å². The molecule has 29 heavy (non-hydrogen) atoms. The van der Waals surface area contributed by atoms with Crippen molar-refractivity contribution in [2.45, 2.75) is 6.92 Å². The Morgan fingerprint density at radius 3 is 2.38 bits per heavy atom. The summed E-state index contributed by atoms with van der Waals surface area (Å²) < 4.78 is 9.90. The van der Waals surface area contributed by atoms with Gasteiger partial charge < -0.3 is 20.1 Å². The van der Waals surface area contributed by atoms with Crippen LogP contribution in [0.1, 0.15) is 26.5 Å². The summed E-state index contributed by atoms with van der Waals surface area (Å²) >= 11 is 0. The zero-order chi connectivity index (χ0) is 20.8. The molecule has 0 atom stereocenters. The van der Waals surface area contributed by atoms with Gasteiger partial charge in [0.2, 0.25) is 5.95 Å². The van der Waals surface area contributed by atoms with Crippen molar-refractivity contribution in [3.8, 4) is 5.75 Å². The number of ether oxygens (including phenoxy) is 2. The van der Waals surface area contributed by atoms with Crippen molar-refractivity contribution in [2.75, 3.05) is 24.9 Å². The Kier molecular flexibility index (Phi) is 6.03. The van der Waals surface area contributed by atoms with Gasteiger partial charge in [0.25, 0.3) is 5.91 Å². The predicted molar refractivity (Wildman–Crippen MR) is 109 cm³/mol. The molecule has 0 saturated heterocycles. The fourth-order valence-electron chi connectivity index (χ4n) is 2.61. The van der Waals surface area contributed by atoms with E-state index >= 15 is 0 Å². The first kappa shape index (κ1) is 19.8. The van der Waals surface area contributed by atoms with Crippen LogP contribution < -0.4 is 15.4 Å². The number of aryl methyl sites for hydroxylation is 1. The highest BCUT2D eigenvalue weighted by Gasteiger charge is 2.15. The lowest BCUT2D eigenvalue weighted by molar-refractivity contribution is 0.0601. The molecule has 0 fully saturated rings. The van der Waals surface area contributed by atoms with Gasteiger partial charge in [0, 0.05) is 11.4 Å². The second-order valence-electron chi connectivity index (χ2n) is 6.06. The minimum absolute atomic E-state index is 0.186. The van der Waals surface area contributed by atoms with E-state index in [1.807, 2.05) is 0 Å².